The third-order valence-corrected chi connectivity index (χ3v) is 6.79. The number of rotatable bonds is 12. The van der Waals surface area contributed by atoms with Crippen LogP contribution in [0.3, 0.4) is 0 Å². The molecule has 2 heteroatoms. The molecular formula is C30H40N2. The first-order chi connectivity index (χ1) is 15.6. The second kappa shape index (κ2) is 12.3. The topological polar surface area (TPSA) is 24.1 Å². The molecule has 0 spiro atoms. The summed E-state index contributed by atoms with van der Waals surface area (Å²) in [6.07, 6.45) is 7.98. The Kier molecular flexibility index (Phi) is 9.22. The summed E-state index contributed by atoms with van der Waals surface area (Å²) in [5.74, 6) is 1.50. The highest BCUT2D eigenvalue weighted by molar-refractivity contribution is 5.68. The zero-order valence-electron chi connectivity index (χ0n) is 20.3. The van der Waals surface area contributed by atoms with Crippen molar-refractivity contribution in [3.63, 3.8) is 0 Å². The maximum atomic E-state index is 3.63. The molecule has 3 aromatic carbocycles. The fraction of sp³-hybridized carbons (Fsp3) is 0.400. The van der Waals surface area contributed by atoms with E-state index in [4.69, 9.17) is 0 Å². The van der Waals surface area contributed by atoms with Crippen molar-refractivity contribution in [3.05, 3.63) is 83.9 Å². The zero-order valence-corrected chi connectivity index (χ0v) is 20.3. The number of para-hydroxylation sites is 1. The summed E-state index contributed by atoms with van der Waals surface area (Å²) in [4.78, 5) is 0. The van der Waals surface area contributed by atoms with Crippen molar-refractivity contribution in [2.24, 2.45) is 5.92 Å². The van der Waals surface area contributed by atoms with Gasteiger partial charge in [-0.25, -0.2) is 0 Å². The van der Waals surface area contributed by atoms with Gasteiger partial charge < -0.3 is 10.6 Å². The van der Waals surface area contributed by atoms with E-state index in [0.29, 0.717) is 5.92 Å². The average Bonchev–Trinajstić information content (AvgIpc) is 2.82. The molecule has 0 saturated heterocycles. The minimum atomic E-state index is 0.593. The third-order valence-electron chi connectivity index (χ3n) is 6.79. The van der Waals surface area contributed by atoms with E-state index in [0.717, 1.165) is 23.0 Å². The van der Waals surface area contributed by atoms with Crippen molar-refractivity contribution >= 4 is 22.7 Å². The quantitative estimate of drug-likeness (QED) is 0.281. The molecule has 3 rings (SSSR count). The predicted molar refractivity (Wildman–Crippen MR) is 142 cm³/mol. The highest BCUT2D eigenvalue weighted by Gasteiger charge is 2.12. The summed E-state index contributed by atoms with van der Waals surface area (Å²) in [5, 5.41) is 7.07. The van der Waals surface area contributed by atoms with E-state index < -0.39 is 0 Å². The van der Waals surface area contributed by atoms with Gasteiger partial charge in [-0.1, -0.05) is 83.2 Å². The molecule has 1 unspecified atom stereocenters. The summed E-state index contributed by atoms with van der Waals surface area (Å²) in [7, 11) is 0. The Balaban J connectivity index is 1.57. The van der Waals surface area contributed by atoms with E-state index in [1.165, 1.54) is 55.3 Å². The normalized spacial score (nSPS) is 12.0. The molecule has 170 valence electrons. The van der Waals surface area contributed by atoms with Crippen LogP contribution < -0.4 is 10.6 Å². The lowest BCUT2D eigenvalue weighted by molar-refractivity contribution is 0.425. The highest BCUT2D eigenvalue weighted by atomic mass is 14.9. The third kappa shape index (κ3) is 6.88. The molecule has 0 aromatic heterocycles. The summed E-state index contributed by atoms with van der Waals surface area (Å²) in [6, 6.07) is 25.5. The maximum Gasteiger partial charge on any atom is 0.0416 e. The average molecular weight is 429 g/mol. The molecule has 32 heavy (non-hydrogen) atoms. The molecule has 0 amide bonds. The Labute approximate surface area is 195 Å². The van der Waals surface area contributed by atoms with Crippen molar-refractivity contribution in [2.45, 2.75) is 72.1 Å². The second-order valence-corrected chi connectivity index (χ2v) is 9.08. The molecule has 0 saturated carbocycles. The lowest BCUT2D eigenvalue weighted by atomic mass is 9.89. The van der Waals surface area contributed by atoms with Gasteiger partial charge in [0.2, 0.25) is 0 Å². The molecule has 2 N–H and O–H groups in total. The van der Waals surface area contributed by atoms with Crippen LogP contribution in [-0.2, 0) is 0 Å². The number of anilines is 4. The van der Waals surface area contributed by atoms with Crippen LogP contribution in [0.4, 0.5) is 22.7 Å². The zero-order chi connectivity index (χ0) is 22.8. The number of hydrogen-bond acceptors (Lipinski definition) is 2. The van der Waals surface area contributed by atoms with Gasteiger partial charge in [-0.2, -0.15) is 0 Å². The summed E-state index contributed by atoms with van der Waals surface area (Å²) in [6.45, 7) is 9.29. The Morgan fingerprint density at radius 1 is 0.656 bits per heavy atom. The standard InChI is InChI=1S/C30H40N2/c1-5-25(6-2)14-11-10-13-23(3)29-17-12-18-30(24(29)4)32-28-21-19-27(20-22-28)31-26-15-8-7-9-16-26/h7-9,12,15-23,25,31-32H,5-6,10-11,13-14H2,1-4H3. The molecule has 2 nitrogen and oxygen atoms in total. The van der Waals surface area contributed by atoms with Crippen molar-refractivity contribution in [1.29, 1.82) is 0 Å². The molecule has 1 atom stereocenters. The molecule has 0 aliphatic heterocycles. The van der Waals surface area contributed by atoms with Crippen LogP contribution in [0.1, 0.15) is 76.3 Å². The minimum absolute atomic E-state index is 0.593. The fourth-order valence-corrected chi connectivity index (χ4v) is 4.54. The van der Waals surface area contributed by atoms with Crippen LogP contribution >= 0.6 is 0 Å². The number of hydrogen-bond donors (Lipinski definition) is 2. The number of unbranched alkanes of at least 4 members (excludes halogenated alkanes) is 1. The van der Waals surface area contributed by atoms with Crippen LogP contribution in [0.15, 0.2) is 72.8 Å². The van der Waals surface area contributed by atoms with Crippen LogP contribution in [0, 0.1) is 12.8 Å². The maximum absolute atomic E-state index is 3.63. The van der Waals surface area contributed by atoms with Crippen molar-refractivity contribution in [1.82, 2.24) is 0 Å². The minimum Gasteiger partial charge on any atom is -0.356 e. The Hall–Kier alpha value is -2.74. The molecule has 0 fully saturated rings. The van der Waals surface area contributed by atoms with Crippen molar-refractivity contribution in [3.8, 4) is 0 Å². The van der Waals surface area contributed by atoms with Gasteiger partial charge >= 0.3 is 0 Å². The van der Waals surface area contributed by atoms with Gasteiger partial charge in [0.1, 0.15) is 0 Å². The van der Waals surface area contributed by atoms with Gasteiger partial charge in [0, 0.05) is 22.7 Å². The second-order valence-electron chi connectivity index (χ2n) is 9.08. The van der Waals surface area contributed by atoms with Crippen LogP contribution in [0.5, 0.6) is 0 Å². The van der Waals surface area contributed by atoms with E-state index >= 15 is 0 Å². The molecule has 0 heterocycles. The summed E-state index contributed by atoms with van der Waals surface area (Å²) >= 11 is 0. The highest BCUT2D eigenvalue weighted by Crippen LogP contribution is 2.31. The fourth-order valence-electron chi connectivity index (χ4n) is 4.54. The van der Waals surface area contributed by atoms with E-state index in [1.807, 2.05) is 18.2 Å². The molecule has 3 aromatic rings. The largest absolute Gasteiger partial charge is 0.356 e. The first-order valence-electron chi connectivity index (χ1n) is 12.4. The predicted octanol–water partition coefficient (Wildman–Crippen LogP) is 9.58. The van der Waals surface area contributed by atoms with E-state index in [1.54, 1.807) is 0 Å². The molecule has 0 aliphatic rings. The van der Waals surface area contributed by atoms with Crippen LogP contribution in [-0.4, -0.2) is 0 Å². The van der Waals surface area contributed by atoms with E-state index in [-0.39, 0.29) is 0 Å². The van der Waals surface area contributed by atoms with Crippen LogP contribution in [0.2, 0.25) is 0 Å². The molecule has 0 bridgehead atoms. The summed E-state index contributed by atoms with van der Waals surface area (Å²) < 4.78 is 0. The number of nitrogens with one attached hydrogen (secondary N) is 2. The Bertz CT molecular complexity index is 927. The first kappa shape index (κ1) is 23.9. The SMILES string of the molecule is CCC(CC)CCCCC(C)c1cccc(Nc2ccc(Nc3ccccc3)cc2)c1C. The molecule has 0 radical (unpaired) electrons. The van der Waals surface area contributed by atoms with Gasteiger partial charge in [0.05, 0.1) is 0 Å². The number of benzene rings is 3. The van der Waals surface area contributed by atoms with Gasteiger partial charge in [0.25, 0.3) is 0 Å². The van der Waals surface area contributed by atoms with E-state index in [9.17, 15) is 0 Å². The van der Waals surface area contributed by atoms with Gasteiger partial charge in [-0.15, -0.1) is 0 Å². The van der Waals surface area contributed by atoms with Gasteiger partial charge in [0.15, 0.2) is 0 Å². The van der Waals surface area contributed by atoms with Crippen molar-refractivity contribution < 1.29 is 0 Å². The van der Waals surface area contributed by atoms with Gasteiger partial charge in [-0.3, -0.25) is 0 Å². The molecule has 0 aliphatic carbocycles. The smallest absolute Gasteiger partial charge is 0.0416 e. The van der Waals surface area contributed by atoms with Crippen molar-refractivity contribution in [2.75, 3.05) is 10.6 Å². The van der Waals surface area contributed by atoms with Crippen LogP contribution in [0.25, 0.3) is 0 Å². The monoisotopic (exact) mass is 428 g/mol. The molecular weight excluding hydrogens is 388 g/mol. The Morgan fingerprint density at radius 2 is 1.25 bits per heavy atom. The van der Waals surface area contributed by atoms with E-state index in [2.05, 4.69) is 92.9 Å². The van der Waals surface area contributed by atoms with Gasteiger partial charge in [-0.05, 0) is 78.8 Å². The lowest BCUT2D eigenvalue weighted by Gasteiger charge is -2.19. The summed E-state index contributed by atoms with van der Waals surface area (Å²) in [5.41, 5.74) is 7.35. The first-order valence-corrected chi connectivity index (χ1v) is 12.4. The Morgan fingerprint density at radius 3 is 1.91 bits per heavy atom. The lowest BCUT2D eigenvalue weighted by Crippen LogP contribution is -2.02.